The summed E-state index contributed by atoms with van der Waals surface area (Å²) in [5.41, 5.74) is 3.15. The van der Waals surface area contributed by atoms with Gasteiger partial charge in [-0.25, -0.2) is 4.98 Å². The molecule has 0 saturated carbocycles. The van der Waals surface area contributed by atoms with Crippen LogP contribution in [0.2, 0.25) is 0 Å². The zero-order valence-corrected chi connectivity index (χ0v) is 16.3. The minimum atomic E-state index is 0.0112. The molecule has 2 aromatic rings. The fraction of sp³-hybridized carbons (Fsp3) is 0.550. The van der Waals surface area contributed by atoms with Crippen molar-refractivity contribution >= 4 is 17.2 Å². The van der Waals surface area contributed by atoms with Crippen molar-refractivity contribution in [2.45, 2.75) is 51.0 Å². The van der Waals surface area contributed by atoms with Crippen LogP contribution in [0.4, 0.5) is 0 Å². The van der Waals surface area contributed by atoms with Gasteiger partial charge in [0.15, 0.2) is 0 Å². The normalized spacial score (nSPS) is 23.5. The van der Waals surface area contributed by atoms with Crippen molar-refractivity contribution in [3.63, 3.8) is 0 Å². The monoisotopic (exact) mass is 370 g/mol. The average molecular weight is 371 g/mol. The first-order valence-corrected chi connectivity index (χ1v) is 10.3. The number of hydrogen-bond donors (Lipinski definition) is 1. The molecule has 4 rings (SSSR count). The van der Waals surface area contributed by atoms with Gasteiger partial charge in [-0.3, -0.25) is 9.78 Å². The third-order valence-corrected chi connectivity index (χ3v) is 6.82. The topological polar surface area (TPSA) is 58.1 Å². The lowest BCUT2D eigenvalue weighted by atomic mass is 9.91. The summed E-state index contributed by atoms with van der Waals surface area (Å²) in [4.78, 5) is 25.3. The summed E-state index contributed by atoms with van der Waals surface area (Å²) in [7, 11) is 2.16. The molecule has 0 aromatic carbocycles. The van der Waals surface area contributed by atoms with E-state index in [-0.39, 0.29) is 11.9 Å². The maximum absolute atomic E-state index is 12.9. The van der Waals surface area contributed by atoms with Crippen molar-refractivity contribution in [2.24, 2.45) is 0 Å². The van der Waals surface area contributed by atoms with Crippen molar-refractivity contribution in [1.29, 1.82) is 0 Å². The molecule has 2 aromatic heterocycles. The summed E-state index contributed by atoms with van der Waals surface area (Å²) in [6, 6.07) is 4.11. The van der Waals surface area contributed by atoms with E-state index in [4.69, 9.17) is 4.98 Å². The van der Waals surface area contributed by atoms with E-state index in [0.717, 1.165) is 53.6 Å². The predicted octanol–water partition coefficient (Wildman–Crippen LogP) is 3.46. The third-order valence-electron chi connectivity index (χ3n) is 5.51. The highest BCUT2D eigenvalue weighted by atomic mass is 32.1. The summed E-state index contributed by atoms with van der Waals surface area (Å²) in [6.07, 6.45) is 7.25. The number of likely N-dealkylation sites (tertiary alicyclic amines) is 1. The number of thiazole rings is 1. The fourth-order valence-electron chi connectivity index (χ4n) is 4.15. The van der Waals surface area contributed by atoms with Crippen molar-refractivity contribution in [3.05, 3.63) is 45.2 Å². The zero-order chi connectivity index (χ0) is 18.1. The zero-order valence-electron chi connectivity index (χ0n) is 15.5. The molecule has 2 unspecified atom stereocenters. The second-order valence-corrected chi connectivity index (χ2v) is 8.56. The van der Waals surface area contributed by atoms with Crippen molar-refractivity contribution in [2.75, 3.05) is 20.1 Å². The number of rotatable bonds is 3. The lowest BCUT2D eigenvalue weighted by molar-refractivity contribution is 0.0936. The Bertz CT molecular complexity index is 803. The van der Waals surface area contributed by atoms with Gasteiger partial charge in [-0.2, -0.15) is 0 Å². The molecule has 1 saturated heterocycles. The van der Waals surface area contributed by atoms with E-state index >= 15 is 0 Å². The first kappa shape index (κ1) is 17.6. The van der Waals surface area contributed by atoms with Crippen LogP contribution in [0.1, 0.15) is 69.3 Å². The minimum absolute atomic E-state index is 0.0112. The van der Waals surface area contributed by atoms with Crippen LogP contribution < -0.4 is 5.32 Å². The highest BCUT2D eigenvalue weighted by molar-refractivity contribution is 7.13. The molecule has 26 heavy (non-hydrogen) atoms. The molecule has 5 nitrogen and oxygen atoms in total. The van der Waals surface area contributed by atoms with E-state index in [0.29, 0.717) is 5.92 Å². The summed E-state index contributed by atoms with van der Waals surface area (Å²) in [5, 5.41) is 4.35. The van der Waals surface area contributed by atoms with Crippen LogP contribution in [-0.2, 0) is 6.42 Å². The maximum Gasteiger partial charge on any atom is 0.263 e. The number of fused-ring (bicyclic) bond motifs is 1. The van der Waals surface area contributed by atoms with Crippen LogP contribution in [-0.4, -0.2) is 40.9 Å². The smallest absolute Gasteiger partial charge is 0.263 e. The Morgan fingerprint density at radius 1 is 1.35 bits per heavy atom. The number of piperidine rings is 1. The molecular formula is C20H26N4OS. The summed E-state index contributed by atoms with van der Waals surface area (Å²) in [6.45, 7) is 4.15. The SMILES string of the molecule is Cc1nc(C2CCCN(C)C2)sc1C(=O)NC1CCCc2ncccc21. The maximum atomic E-state index is 12.9. The lowest BCUT2D eigenvalue weighted by Gasteiger charge is -2.28. The molecule has 0 bridgehead atoms. The molecule has 1 aliphatic heterocycles. The molecule has 0 radical (unpaired) electrons. The van der Waals surface area contributed by atoms with Crippen LogP contribution in [0.25, 0.3) is 0 Å². The van der Waals surface area contributed by atoms with Crippen LogP contribution in [0.5, 0.6) is 0 Å². The van der Waals surface area contributed by atoms with Gasteiger partial charge in [0.1, 0.15) is 4.88 Å². The van der Waals surface area contributed by atoms with E-state index < -0.39 is 0 Å². The Morgan fingerprint density at radius 2 is 2.23 bits per heavy atom. The molecule has 2 atom stereocenters. The molecule has 3 heterocycles. The van der Waals surface area contributed by atoms with Crippen LogP contribution in [0.3, 0.4) is 0 Å². The van der Waals surface area contributed by atoms with Crippen LogP contribution in [0, 0.1) is 6.92 Å². The molecule has 138 valence electrons. The number of nitrogens with zero attached hydrogens (tertiary/aromatic N) is 3. The Morgan fingerprint density at radius 3 is 3.08 bits per heavy atom. The Kier molecular flexibility index (Phi) is 5.05. The molecule has 0 spiro atoms. The molecule has 1 amide bonds. The Balaban J connectivity index is 1.51. The Labute approximate surface area is 158 Å². The first-order chi connectivity index (χ1) is 12.6. The number of nitrogens with one attached hydrogen (secondary N) is 1. The standard InChI is InChI=1S/C20H26N4OS/c1-13-18(26-20(22-13)14-6-5-11-24(2)12-14)19(25)23-17-9-3-8-16-15(17)7-4-10-21-16/h4,7,10,14,17H,3,5-6,8-9,11-12H2,1-2H3,(H,23,25). The highest BCUT2D eigenvalue weighted by Crippen LogP contribution is 2.32. The highest BCUT2D eigenvalue weighted by Gasteiger charge is 2.27. The Hall–Kier alpha value is -1.79. The largest absolute Gasteiger partial charge is 0.344 e. The third kappa shape index (κ3) is 3.53. The van der Waals surface area contributed by atoms with Crippen LogP contribution >= 0.6 is 11.3 Å². The minimum Gasteiger partial charge on any atom is -0.344 e. The van der Waals surface area contributed by atoms with E-state index in [1.165, 1.54) is 18.4 Å². The first-order valence-electron chi connectivity index (χ1n) is 9.52. The van der Waals surface area contributed by atoms with Gasteiger partial charge in [0, 0.05) is 24.4 Å². The number of carbonyl (C=O) groups is 1. The molecule has 1 N–H and O–H groups in total. The number of aryl methyl sites for hydroxylation is 2. The van der Waals surface area contributed by atoms with Gasteiger partial charge in [0.25, 0.3) is 5.91 Å². The summed E-state index contributed by atoms with van der Waals surface area (Å²) >= 11 is 1.58. The van der Waals surface area contributed by atoms with E-state index in [1.807, 2.05) is 19.2 Å². The molecule has 2 aliphatic rings. The van der Waals surface area contributed by atoms with E-state index in [9.17, 15) is 4.79 Å². The number of carbonyl (C=O) groups excluding carboxylic acids is 1. The predicted molar refractivity (Wildman–Crippen MR) is 104 cm³/mol. The molecule has 1 fully saturated rings. The lowest BCUT2D eigenvalue weighted by Crippen LogP contribution is -2.31. The number of amides is 1. The second-order valence-electron chi connectivity index (χ2n) is 7.53. The van der Waals surface area contributed by atoms with Crippen LogP contribution in [0.15, 0.2) is 18.3 Å². The van der Waals surface area contributed by atoms with Gasteiger partial charge in [0.05, 0.1) is 16.7 Å². The summed E-state index contributed by atoms with van der Waals surface area (Å²) < 4.78 is 0. The van der Waals surface area contributed by atoms with E-state index in [1.54, 1.807) is 11.3 Å². The van der Waals surface area contributed by atoms with Gasteiger partial charge in [0.2, 0.25) is 0 Å². The van der Waals surface area contributed by atoms with Crippen molar-refractivity contribution in [1.82, 2.24) is 20.2 Å². The van der Waals surface area contributed by atoms with Gasteiger partial charge < -0.3 is 10.2 Å². The van der Waals surface area contributed by atoms with Crippen molar-refractivity contribution in [3.8, 4) is 0 Å². The number of pyridine rings is 1. The van der Waals surface area contributed by atoms with Gasteiger partial charge in [-0.05, 0) is 64.3 Å². The number of likely N-dealkylation sites (N-methyl/N-ethyl adjacent to an activating group) is 1. The van der Waals surface area contributed by atoms with Gasteiger partial charge in [-0.1, -0.05) is 6.07 Å². The number of hydrogen-bond acceptors (Lipinski definition) is 5. The quantitative estimate of drug-likeness (QED) is 0.899. The average Bonchev–Trinajstić information content (AvgIpc) is 3.04. The number of aromatic nitrogens is 2. The van der Waals surface area contributed by atoms with E-state index in [2.05, 4.69) is 28.3 Å². The second kappa shape index (κ2) is 7.45. The van der Waals surface area contributed by atoms with Gasteiger partial charge >= 0.3 is 0 Å². The fourth-order valence-corrected chi connectivity index (χ4v) is 5.25. The van der Waals surface area contributed by atoms with Crippen molar-refractivity contribution < 1.29 is 4.79 Å². The summed E-state index contributed by atoms with van der Waals surface area (Å²) in [5.74, 6) is 0.468. The molecule has 6 heteroatoms. The van der Waals surface area contributed by atoms with Gasteiger partial charge in [-0.15, -0.1) is 11.3 Å². The molecular weight excluding hydrogens is 344 g/mol. The molecule has 1 aliphatic carbocycles.